The van der Waals surface area contributed by atoms with Crippen LogP contribution in [0.15, 0.2) is 48.6 Å². The van der Waals surface area contributed by atoms with Crippen molar-refractivity contribution in [2.24, 2.45) is 0 Å². The van der Waals surface area contributed by atoms with Crippen LogP contribution in [0.1, 0.15) is 5.56 Å². The van der Waals surface area contributed by atoms with Crippen LogP contribution < -0.4 is 0 Å². The average molecular weight is 158 g/mol. The molecular weight excluding hydrogens is 148 g/mol. The van der Waals surface area contributed by atoms with Crippen molar-refractivity contribution in [1.29, 1.82) is 0 Å². The maximum atomic E-state index is 9.96. The Hall–Kier alpha value is -1.59. The van der Waals surface area contributed by atoms with E-state index in [4.69, 9.17) is 0 Å². The molecule has 0 aliphatic heterocycles. The van der Waals surface area contributed by atoms with Gasteiger partial charge >= 0.3 is 0 Å². The van der Waals surface area contributed by atoms with Gasteiger partial charge in [0, 0.05) is 6.08 Å². The molecule has 0 aliphatic carbocycles. The van der Waals surface area contributed by atoms with Crippen LogP contribution in [0, 0.1) is 0 Å². The van der Waals surface area contributed by atoms with Crippen molar-refractivity contribution in [1.82, 2.24) is 0 Å². The molecule has 1 nitrogen and oxygen atoms in total. The van der Waals surface area contributed by atoms with Gasteiger partial charge in [-0.25, -0.2) is 4.79 Å². The van der Waals surface area contributed by atoms with Crippen molar-refractivity contribution in [3.8, 4) is 0 Å². The molecule has 1 heteroatoms. The van der Waals surface area contributed by atoms with Crippen molar-refractivity contribution in [3.05, 3.63) is 54.1 Å². The van der Waals surface area contributed by atoms with E-state index in [-0.39, 0.29) is 0 Å². The first-order valence-electron chi connectivity index (χ1n) is 3.75. The van der Waals surface area contributed by atoms with Gasteiger partial charge in [-0.2, -0.15) is 0 Å². The van der Waals surface area contributed by atoms with Crippen LogP contribution in [0.4, 0.5) is 0 Å². The van der Waals surface area contributed by atoms with E-state index in [1.54, 1.807) is 5.94 Å². The highest BCUT2D eigenvalue weighted by Gasteiger charge is 1.91. The quantitative estimate of drug-likeness (QED) is 0.486. The van der Waals surface area contributed by atoms with E-state index in [9.17, 15) is 4.79 Å². The molecule has 0 fully saturated rings. The molecule has 0 bridgehead atoms. The van der Waals surface area contributed by atoms with E-state index < -0.39 is 0 Å². The summed E-state index contributed by atoms with van der Waals surface area (Å²) in [5.41, 5.74) is 1.95. The minimum atomic E-state index is 0.718. The van der Waals surface area contributed by atoms with Crippen LogP contribution in [-0.2, 0) is 11.2 Å². The molecule has 0 unspecified atom stereocenters. The molecule has 0 spiro atoms. The van der Waals surface area contributed by atoms with Gasteiger partial charge in [-0.1, -0.05) is 36.9 Å². The van der Waals surface area contributed by atoms with E-state index >= 15 is 0 Å². The van der Waals surface area contributed by atoms with Crippen molar-refractivity contribution in [3.63, 3.8) is 0 Å². The van der Waals surface area contributed by atoms with Crippen molar-refractivity contribution < 1.29 is 4.79 Å². The Kier molecular flexibility index (Phi) is 3.06. The molecule has 12 heavy (non-hydrogen) atoms. The maximum Gasteiger partial charge on any atom is 0.124 e. The lowest BCUT2D eigenvalue weighted by atomic mass is 10.1. The van der Waals surface area contributed by atoms with Gasteiger partial charge in [0.15, 0.2) is 0 Å². The van der Waals surface area contributed by atoms with Gasteiger partial charge in [0.2, 0.25) is 0 Å². The van der Waals surface area contributed by atoms with E-state index in [0.717, 1.165) is 17.6 Å². The summed E-state index contributed by atoms with van der Waals surface area (Å²) in [6.07, 6.45) is 2.09. The SMILES string of the molecule is C=C(C=C=O)Cc1ccccc1. The fourth-order valence-corrected chi connectivity index (χ4v) is 0.992. The van der Waals surface area contributed by atoms with Crippen molar-refractivity contribution >= 4 is 5.94 Å². The zero-order valence-corrected chi connectivity index (χ0v) is 6.79. The second-order valence-electron chi connectivity index (χ2n) is 2.58. The van der Waals surface area contributed by atoms with Gasteiger partial charge in [-0.3, -0.25) is 0 Å². The molecule has 0 atom stereocenters. The first kappa shape index (κ1) is 8.51. The molecule has 0 heterocycles. The van der Waals surface area contributed by atoms with Gasteiger partial charge in [-0.15, -0.1) is 0 Å². The summed E-state index contributed by atoms with van der Waals surface area (Å²) in [5.74, 6) is 1.71. The highest BCUT2D eigenvalue weighted by Crippen LogP contribution is 2.05. The zero-order chi connectivity index (χ0) is 8.81. The third-order valence-corrected chi connectivity index (χ3v) is 1.54. The number of benzene rings is 1. The number of carbonyl (C=O) groups excluding carboxylic acids is 1. The zero-order valence-electron chi connectivity index (χ0n) is 6.79. The van der Waals surface area contributed by atoms with Gasteiger partial charge < -0.3 is 0 Å². The van der Waals surface area contributed by atoms with Gasteiger partial charge in [0.1, 0.15) is 5.94 Å². The highest BCUT2D eigenvalue weighted by molar-refractivity contribution is 5.52. The van der Waals surface area contributed by atoms with Crippen LogP contribution in [0.5, 0.6) is 0 Å². The summed E-state index contributed by atoms with van der Waals surface area (Å²) >= 11 is 0. The Morgan fingerprint density at radius 2 is 2.08 bits per heavy atom. The molecular formula is C11H10O. The van der Waals surface area contributed by atoms with Crippen LogP contribution in [0.3, 0.4) is 0 Å². The molecule has 0 N–H and O–H groups in total. The number of rotatable bonds is 3. The normalized spacial score (nSPS) is 8.67. The molecule has 60 valence electrons. The monoisotopic (exact) mass is 158 g/mol. The second kappa shape index (κ2) is 4.32. The first-order valence-corrected chi connectivity index (χ1v) is 3.75. The van der Waals surface area contributed by atoms with E-state index in [0.29, 0.717) is 0 Å². The predicted molar refractivity (Wildman–Crippen MR) is 49.5 cm³/mol. The Labute approximate surface area is 72.0 Å². The molecule has 0 aliphatic rings. The molecule has 0 saturated carbocycles. The highest BCUT2D eigenvalue weighted by atomic mass is 16.1. The van der Waals surface area contributed by atoms with Gasteiger partial charge in [0.25, 0.3) is 0 Å². The second-order valence-corrected chi connectivity index (χ2v) is 2.58. The number of hydrogen-bond donors (Lipinski definition) is 0. The van der Waals surface area contributed by atoms with Crippen molar-refractivity contribution in [2.45, 2.75) is 6.42 Å². The Bertz CT molecular complexity index is 305. The minimum absolute atomic E-state index is 0.718. The van der Waals surface area contributed by atoms with Crippen LogP contribution >= 0.6 is 0 Å². The van der Waals surface area contributed by atoms with E-state index in [1.807, 2.05) is 30.3 Å². The summed E-state index contributed by atoms with van der Waals surface area (Å²) in [5, 5.41) is 0. The lowest BCUT2D eigenvalue weighted by molar-refractivity contribution is 0.569. The van der Waals surface area contributed by atoms with E-state index in [2.05, 4.69) is 6.58 Å². The first-order chi connectivity index (χ1) is 5.83. The summed E-state index contributed by atoms with van der Waals surface area (Å²) in [4.78, 5) is 9.96. The molecule has 0 radical (unpaired) electrons. The Morgan fingerprint density at radius 3 is 2.67 bits per heavy atom. The van der Waals surface area contributed by atoms with Gasteiger partial charge in [0.05, 0.1) is 0 Å². The van der Waals surface area contributed by atoms with E-state index in [1.165, 1.54) is 6.08 Å². The standard InChI is InChI=1S/C11H10O/c1-10(7-8-12)9-11-5-3-2-4-6-11/h2-7H,1,9H2. The predicted octanol–water partition coefficient (Wildman–Crippen LogP) is 2.17. The molecule has 0 saturated heterocycles. The Balaban J connectivity index is 2.64. The molecule has 0 amide bonds. The topological polar surface area (TPSA) is 17.1 Å². The molecule has 0 aromatic heterocycles. The fourth-order valence-electron chi connectivity index (χ4n) is 0.992. The van der Waals surface area contributed by atoms with Gasteiger partial charge in [-0.05, 0) is 17.6 Å². The summed E-state index contributed by atoms with van der Waals surface area (Å²) in [6.45, 7) is 3.72. The molecule has 1 aromatic carbocycles. The third kappa shape index (κ3) is 2.57. The Morgan fingerprint density at radius 1 is 1.42 bits per heavy atom. The maximum absolute atomic E-state index is 9.96. The number of allylic oxidation sites excluding steroid dienone is 2. The van der Waals surface area contributed by atoms with Crippen LogP contribution in [0.2, 0.25) is 0 Å². The van der Waals surface area contributed by atoms with Crippen molar-refractivity contribution in [2.75, 3.05) is 0 Å². The lowest BCUT2D eigenvalue weighted by Gasteiger charge is -1.97. The molecule has 1 rings (SSSR count). The summed E-state index contributed by atoms with van der Waals surface area (Å²) < 4.78 is 0. The van der Waals surface area contributed by atoms with Crippen LogP contribution in [0.25, 0.3) is 0 Å². The molecule has 1 aromatic rings. The fraction of sp³-hybridized carbons (Fsp3) is 0.0909. The average Bonchev–Trinajstić information content (AvgIpc) is 2.06. The summed E-state index contributed by atoms with van der Waals surface area (Å²) in [7, 11) is 0. The summed E-state index contributed by atoms with van der Waals surface area (Å²) in [6, 6.07) is 9.90. The minimum Gasteiger partial charge on any atom is -0.233 e. The third-order valence-electron chi connectivity index (χ3n) is 1.54. The van der Waals surface area contributed by atoms with Crippen LogP contribution in [-0.4, -0.2) is 5.94 Å². The largest absolute Gasteiger partial charge is 0.233 e. The lowest BCUT2D eigenvalue weighted by Crippen LogP contribution is -1.85. The number of hydrogen-bond acceptors (Lipinski definition) is 1. The smallest absolute Gasteiger partial charge is 0.124 e.